The van der Waals surface area contributed by atoms with Crippen molar-refractivity contribution in [3.63, 3.8) is 0 Å². The first-order valence-corrected chi connectivity index (χ1v) is 5.28. The molecular formula is C10H12N2OS. The van der Waals surface area contributed by atoms with Crippen LogP contribution < -0.4 is 11.3 Å². The molecule has 0 aliphatic carbocycles. The van der Waals surface area contributed by atoms with Gasteiger partial charge in [-0.15, -0.1) is 0 Å². The van der Waals surface area contributed by atoms with Crippen molar-refractivity contribution in [3.05, 3.63) is 46.0 Å². The van der Waals surface area contributed by atoms with Crippen molar-refractivity contribution in [2.75, 3.05) is 0 Å². The van der Waals surface area contributed by atoms with Crippen LogP contribution in [0.15, 0.2) is 33.8 Å². The molecule has 3 nitrogen and oxygen atoms in total. The van der Waals surface area contributed by atoms with E-state index < -0.39 is 0 Å². The molecule has 2 aromatic rings. The third-order valence-electron chi connectivity index (χ3n) is 2.25. The fraction of sp³-hybridized carbons (Fsp3) is 0.200. The zero-order chi connectivity index (χ0) is 9.97. The lowest BCUT2D eigenvalue weighted by Crippen LogP contribution is -2.28. The van der Waals surface area contributed by atoms with Crippen LogP contribution in [0.2, 0.25) is 0 Å². The lowest BCUT2D eigenvalue weighted by Gasteiger charge is -2.13. The van der Waals surface area contributed by atoms with Gasteiger partial charge < -0.3 is 4.42 Å². The molecule has 14 heavy (non-hydrogen) atoms. The molecule has 3 N–H and O–H groups in total. The van der Waals surface area contributed by atoms with Gasteiger partial charge in [-0.3, -0.25) is 5.84 Å². The van der Waals surface area contributed by atoms with Gasteiger partial charge in [0.2, 0.25) is 0 Å². The van der Waals surface area contributed by atoms with Gasteiger partial charge in [0.1, 0.15) is 0 Å². The molecule has 0 amide bonds. The maximum atomic E-state index is 5.54. The standard InChI is InChI=1S/C10H12N2OS/c1-7-5-14-6-9(7)10(12-11)8-2-3-13-4-8/h2-6,10,12H,11H2,1H3. The Morgan fingerprint density at radius 1 is 1.50 bits per heavy atom. The molecule has 0 saturated carbocycles. The lowest BCUT2D eigenvalue weighted by molar-refractivity contribution is 0.553. The van der Waals surface area contributed by atoms with Gasteiger partial charge in [0.25, 0.3) is 0 Å². The second-order valence-corrected chi connectivity index (χ2v) is 3.91. The van der Waals surface area contributed by atoms with E-state index in [1.807, 2.05) is 6.07 Å². The summed E-state index contributed by atoms with van der Waals surface area (Å²) in [5.41, 5.74) is 6.30. The Labute approximate surface area is 86.5 Å². The molecule has 2 aromatic heterocycles. The molecule has 74 valence electrons. The first-order valence-electron chi connectivity index (χ1n) is 4.34. The maximum absolute atomic E-state index is 5.54. The van der Waals surface area contributed by atoms with Crippen molar-refractivity contribution < 1.29 is 4.42 Å². The fourth-order valence-corrected chi connectivity index (χ4v) is 2.35. The smallest absolute Gasteiger partial charge is 0.0954 e. The van der Waals surface area contributed by atoms with E-state index >= 15 is 0 Å². The van der Waals surface area contributed by atoms with E-state index in [1.165, 1.54) is 11.1 Å². The Kier molecular flexibility index (Phi) is 2.67. The quantitative estimate of drug-likeness (QED) is 0.600. The van der Waals surface area contributed by atoms with Crippen LogP contribution in [0.3, 0.4) is 0 Å². The van der Waals surface area contributed by atoms with Crippen LogP contribution in [0.5, 0.6) is 0 Å². The lowest BCUT2D eigenvalue weighted by atomic mass is 10.0. The Morgan fingerprint density at radius 3 is 2.86 bits per heavy atom. The Bertz CT molecular complexity index is 394. The molecule has 0 aliphatic heterocycles. The van der Waals surface area contributed by atoms with Crippen LogP contribution in [0.1, 0.15) is 22.7 Å². The van der Waals surface area contributed by atoms with Gasteiger partial charge in [-0.1, -0.05) is 0 Å². The molecule has 4 heteroatoms. The molecule has 1 atom stereocenters. The minimum atomic E-state index is 0.0278. The Hall–Kier alpha value is -1.10. The van der Waals surface area contributed by atoms with Crippen LogP contribution in [0, 0.1) is 6.92 Å². The van der Waals surface area contributed by atoms with Crippen molar-refractivity contribution in [1.29, 1.82) is 0 Å². The van der Waals surface area contributed by atoms with Gasteiger partial charge in [0, 0.05) is 5.56 Å². The molecule has 0 bridgehead atoms. The number of nitrogens with two attached hydrogens (primary N) is 1. The molecule has 0 saturated heterocycles. The van der Waals surface area contributed by atoms with Gasteiger partial charge >= 0.3 is 0 Å². The SMILES string of the molecule is Cc1cscc1C(NN)c1ccoc1. The van der Waals surface area contributed by atoms with E-state index in [-0.39, 0.29) is 6.04 Å². The van der Waals surface area contributed by atoms with Crippen LogP contribution >= 0.6 is 11.3 Å². The summed E-state index contributed by atoms with van der Waals surface area (Å²) in [4.78, 5) is 0. The molecule has 0 aliphatic rings. The van der Waals surface area contributed by atoms with Gasteiger partial charge in [-0.25, -0.2) is 5.43 Å². The van der Waals surface area contributed by atoms with E-state index in [2.05, 4.69) is 23.1 Å². The minimum Gasteiger partial charge on any atom is -0.472 e. The Balaban J connectivity index is 2.36. The second kappa shape index (κ2) is 3.96. The molecule has 0 spiro atoms. The molecule has 0 radical (unpaired) electrons. The molecule has 2 heterocycles. The highest BCUT2D eigenvalue weighted by Gasteiger charge is 2.15. The highest BCUT2D eigenvalue weighted by atomic mass is 32.1. The van der Waals surface area contributed by atoms with E-state index in [0.29, 0.717) is 0 Å². The summed E-state index contributed by atoms with van der Waals surface area (Å²) in [6.07, 6.45) is 3.36. The third kappa shape index (κ3) is 1.59. The van der Waals surface area contributed by atoms with E-state index in [9.17, 15) is 0 Å². The highest BCUT2D eigenvalue weighted by molar-refractivity contribution is 7.08. The summed E-state index contributed by atoms with van der Waals surface area (Å²) < 4.78 is 5.04. The highest BCUT2D eigenvalue weighted by Crippen LogP contribution is 2.26. The summed E-state index contributed by atoms with van der Waals surface area (Å²) in [6.45, 7) is 2.08. The maximum Gasteiger partial charge on any atom is 0.0954 e. The number of hydrogen-bond acceptors (Lipinski definition) is 4. The van der Waals surface area contributed by atoms with E-state index in [1.54, 1.807) is 23.9 Å². The van der Waals surface area contributed by atoms with Crippen molar-refractivity contribution in [2.24, 2.45) is 5.84 Å². The number of hydrogen-bond donors (Lipinski definition) is 2. The second-order valence-electron chi connectivity index (χ2n) is 3.17. The van der Waals surface area contributed by atoms with Crippen molar-refractivity contribution in [2.45, 2.75) is 13.0 Å². The third-order valence-corrected chi connectivity index (χ3v) is 3.13. The summed E-state index contributed by atoms with van der Waals surface area (Å²) in [7, 11) is 0. The van der Waals surface area contributed by atoms with E-state index in [4.69, 9.17) is 10.3 Å². The number of furan rings is 1. The fourth-order valence-electron chi connectivity index (χ4n) is 1.47. The average Bonchev–Trinajstić information content (AvgIpc) is 2.80. The minimum absolute atomic E-state index is 0.0278. The van der Waals surface area contributed by atoms with Gasteiger partial charge in [0.15, 0.2) is 0 Å². The average molecular weight is 208 g/mol. The summed E-state index contributed by atoms with van der Waals surface area (Å²) in [5, 5.41) is 4.21. The zero-order valence-corrected chi connectivity index (χ0v) is 8.67. The first-order chi connectivity index (χ1) is 6.83. The van der Waals surface area contributed by atoms with Crippen molar-refractivity contribution in [1.82, 2.24) is 5.43 Å². The van der Waals surface area contributed by atoms with Crippen LogP contribution in [-0.4, -0.2) is 0 Å². The van der Waals surface area contributed by atoms with Crippen LogP contribution in [0.4, 0.5) is 0 Å². The first kappa shape index (κ1) is 9.45. The topological polar surface area (TPSA) is 51.2 Å². The number of rotatable bonds is 3. The van der Waals surface area contributed by atoms with Crippen molar-refractivity contribution >= 4 is 11.3 Å². The number of aryl methyl sites for hydroxylation is 1. The van der Waals surface area contributed by atoms with Crippen molar-refractivity contribution in [3.8, 4) is 0 Å². The molecule has 2 rings (SSSR count). The number of hydrazine groups is 1. The van der Waals surface area contributed by atoms with Gasteiger partial charge in [-0.05, 0) is 34.9 Å². The normalized spacial score (nSPS) is 13.0. The predicted octanol–water partition coefficient (Wildman–Crippen LogP) is 2.20. The molecule has 0 aromatic carbocycles. The monoisotopic (exact) mass is 208 g/mol. The van der Waals surface area contributed by atoms with Crippen LogP contribution in [0.25, 0.3) is 0 Å². The van der Waals surface area contributed by atoms with E-state index in [0.717, 1.165) is 5.56 Å². The van der Waals surface area contributed by atoms with Gasteiger partial charge in [0.05, 0.1) is 18.6 Å². The summed E-state index contributed by atoms with van der Waals surface area (Å²) in [5.74, 6) is 5.54. The molecule has 0 fully saturated rings. The largest absolute Gasteiger partial charge is 0.472 e. The number of thiophene rings is 1. The predicted molar refractivity (Wildman–Crippen MR) is 56.9 cm³/mol. The summed E-state index contributed by atoms with van der Waals surface area (Å²) in [6, 6.07) is 1.95. The summed E-state index contributed by atoms with van der Waals surface area (Å²) >= 11 is 1.68. The van der Waals surface area contributed by atoms with Gasteiger partial charge in [-0.2, -0.15) is 11.3 Å². The molecule has 1 unspecified atom stereocenters. The number of nitrogens with one attached hydrogen (secondary N) is 1. The zero-order valence-electron chi connectivity index (χ0n) is 7.86. The van der Waals surface area contributed by atoms with Crippen LogP contribution in [-0.2, 0) is 0 Å². The molecular weight excluding hydrogens is 196 g/mol. The Morgan fingerprint density at radius 2 is 2.36 bits per heavy atom.